The first-order valence-corrected chi connectivity index (χ1v) is 5.21. The van der Waals surface area contributed by atoms with Crippen LogP contribution < -0.4 is 5.73 Å². The van der Waals surface area contributed by atoms with E-state index in [4.69, 9.17) is 5.73 Å². The van der Waals surface area contributed by atoms with Crippen LogP contribution in [0.15, 0.2) is 6.20 Å². The van der Waals surface area contributed by atoms with E-state index < -0.39 is 0 Å². The minimum absolute atomic E-state index is 0.0739. The number of aromatic nitrogens is 3. The first-order chi connectivity index (χ1) is 6.93. The number of hydrogen-bond acceptors (Lipinski definition) is 4. The topological polar surface area (TPSA) is 60.0 Å². The van der Waals surface area contributed by atoms with Crippen LogP contribution in [0.4, 0.5) is 0 Å². The summed E-state index contributed by atoms with van der Waals surface area (Å²) in [6.07, 6.45) is 2.72. The predicted octanol–water partition coefficient (Wildman–Crippen LogP) is 0.545. The van der Waals surface area contributed by atoms with Gasteiger partial charge in [0.05, 0.1) is 17.9 Å². The molecule has 1 aromatic heterocycles. The summed E-state index contributed by atoms with van der Waals surface area (Å²) in [5.41, 5.74) is 7.18. The van der Waals surface area contributed by atoms with E-state index in [0.29, 0.717) is 0 Å². The molecule has 0 aliphatic carbocycles. The molecule has 2 unspecified atom stereocenters. The number of hydrogen-bond donors (Lipinski definition) is 1. The number of aryl methyl sites for hydroxylation is 1. The molecule has 0 aliphatic heterocycles. The summed E-state index contributed by atoms with van der Waals surface area (Å²) in [5.74, 6) is 0. The van der Waals surface area contributed by atoms with Crippen LogP contribution in [0.25, 0.3) is 0 Å². The molecule has 1 rings (SSSR count). The average molecular weight is 211 g/mol. The average Bonchev–Trinajstić information content (AvgIpc) is 2.61. The lowest BCUT2D eigenvalue weighted by molar-refractivity contribution is 0.128. The number of rotatable bonds is 4. The monoisotopic (exact) mass is 211 g/mol. The first kappa shape index (κ1) is 12.1. The molecule has 0 fully saturated rings. The van der Waals surface area contributed by atoms with Crippen LogP contribution in [0.5, 0.6) is 0 Å². The molecule has 0 aliphatic rings. The van der Waals surface area contributed by atoms with Gasteiger partial charge in [-0.15, -0.1) is 5.10 Å². The van der Waals surface area contributed by atoms with Crippen molar-refractivity contribution in [2.45, 2.75) is 31.8 Å². The van der Waals surface area contributed by atoms with Crippen molar-refractivity contribution in [2.75, 3.05) is 14.1 Å². The summed E-state index contributed by atoms with van der Waals surface area (Å²) >= 11 is 0. The highest BCUT2D eigenvalue weighted by molar-refractivity contribution is 5.09. The van der Waals surface area contributed by atoms with Crippen LogP contribution in [0.1, 0.15) is 32.0 Å². The smallest absolute Gasteiger partial charge is 0.0769 e. The highest BCUT2D eigenvalue weighted by Gasteiger charge is 2.34. The summed E-state index contributed by atoms with van der Waals surface area (Å²) in [6.45, 7) is 4.30. The van der Waals surface area contributed by atoms with Gasteiger partial charge in [0.25, 0.3) is 0 Å². The van der Waals surface area contributed by atoms with Gasteiger partial charge in [0.1, 0.15) is 0 Å². The van der Waals surface area contributed by atoms with Gasteiger partial charge < -0.3 is 10.6 Å². The van der Waals surface area contributed by atoms with Crippen LogP contribution in [-0.4, -0.2) is 39.5 Å². The van der Waals surface area contributed by atoms with Crippen molar-refractivity contribution in [1.29, 1.82) is 0 Å². The fraction of sp³-hybridized carbons (Fsp3) is 0.800. The molecule has 0 amide bonds. The molecule has 0 saturated carbocycles. The molecule has 0 bridgehead atoms. The fourth-order valence-corrected chi connectivity index (χ4v) is 1.71. The third-order valence-electron chi connectivity index (χ3n) is 3.48. The quantitative estimate of drug-likeness (QED) is 0.790. The van der Waals surface area contributed by atoms with E-state index in [1.165, 1.54) is 0 Å². The predicted molar refractivity (Wildman–Crippen MR) is 60.3 cm³/mol. The first-order valence-electron chi connectivity index (χ1n) is 5.21. The van der Waals surface area contributed by atoms with Gasteiger partial charge in [-0.2, -0.15) is 0 Å². The molecule has 2 atom stereocenters. The Labute approximate surface area is 91.2 Å². The zero-order valence-corrected chi connectivity index (χ0v) is 10.2. The normalized spacial score (nSPS) is 17.8. The Morgan fingerprint density at radius 1 is 1.60 bits per heavy atom. The number of nitrogens with zero attached hydrogens (tertiary/aromatic N) is 4. The molecule has 5 nitrogen and oxygen atoms in total. The minimum Gasteiger partial charge on any atom is -0.321 e. The van der Waals surface area contributed by atoms with Gasteiger partial charge in [-0.25, -0.2) is 0 Å². The zero-order valence-electron chi connectivity index (χ0n) is 10.2. The van der Waals surface area contributed by atoms with E-state index in [0.717, 1.165) is 12.1 Å². The third kappa shape index (κ3) is 2.03. The summed E-state index contributed by atoms with van der Waals surface area (Å²) < 4.78 is 1.74. The Morgan fingerprint density at radius 3 is 2.53 bits per heavy atom. The summed E-state index contributed by atoms with van der Waals surface area (Å²) in [4.78, 5) is 2.16. The maximum Gasteiger partial charge on any atom is 0.0769 e. The molecule has 1 heterocycles. The SMILES string of the molecule is CCC(C)(C(N)c1cnnn1C)N(C)C. The molecule has 15 heavy (non-hydrogen) atoms. The van der Waals surface area contributed by atoms with Gasteiger partial charge in [0.2, 0.25) is 0 Å². The van der Waals surface area contributed by atoms with Gasteiger partial charge in [-0.05, 0) is 27.4 Å². The van der Waals surface area contributed by atoms with Crippen LogP contribution in [0.2, 0.25) is 0 Å². The van der Waals surface area contributed by atoms with E-state index in [9.17, 15) is 0 Å². The van der Waals surface area contributed by atoms with E-state index >= 15 is 0 Å². The number of nitrogens with two attached hydrogens (primary N) is 1. The van der Waals surface area contributed by atoms with Crippen LogP contribution in [-0.2, 0) is 7.05 Å². The van der Waals surface area contributed by atoms with E-state index in [1.54, 1.807) is 10.9 Å². The lowest BCUT2D eigenvalue weighted by Gasteiger charge is -2.40. The Balaban J connectivity index is 3.02. The van der Waals surface area contributed by atoms with Crippen LogP contribution in [0, 0.1) is 0 Å². The van der Waals surface area contributed by atoms with E-state index in [1.807, 2.05) is 21.1 Å². The molecule has 2 N–H and O–H groups in total. The van der Waals surface area contributed by atoms with Gasteiger partial charge in [0, 0.05) is 12.6 Å². The Morgan fingerprint density at radius 2 is 2.20 bits per heavy atom. The number of likely N-dealkylation sites (N-methyl/N-ethyl adjacent to an activating group) is 1. The molecule has 1 aromatic rings. The second-order valence-corrected chi connectivity index (χ2v) is 4.37. The van der Waals surface area contributed by atoms with Crippen LogP contribution >= 0.6 is 0 Å². The van der Waals surface area contributed by atoms with Crippen molar-refractivity contribution in [3.8, 4) is 0 Å². The molecular formula is C10H21N5. The van der Waals surface area contributed by atoms with E-state index in [-0.39, 0.29) is 11.6 Å². The Bertz CT molecular complexity index is 319. The summed E-state index contributed by atoms with van der Waals surface area (Å²) in [5, 5.41) is 7.78. The lowest BCUT2D eigenvalue weighted by Crippen LogP contribution is -2.50. The van der Waals surface area contributed by atoms with Gasteiger partial charge in [-0.3, -0.25) is 4.68 Å². The minimum atomic E-state index is -0.0856. The maximum absolute atomic E-state index is 6.29. The largest absolute Gasteiger partial charge is 0.321 e. The van der Waals surface area contributed by atoms with Crippen molar-refractivity contribution in [3.05, 3.63) is 11.9 Å². The molecule has 0 saturated heterocycles. The molecule has 0 spiro atoms. The molecule has 86 valence electrons. The van der Waals surface area contributed by atoms with E-state index in [2.05, 4.69) is 29.1 Å². The molecule has 5 heteroatoms. The van der Waals surface area contributed by atoms with Crippen molar-refractivity contribution in [1.82, 2.24) is 19.9 Å². The zero-order chi connectivity index (χ0) is 11.6. The second kappa shape index (κ2) is 4.28. The fourth-order valence-electron chi connectivity index (χ4n) is 1.71. The molecular weight excluding hydrogens is 190 g/mol. The van der Waals surface area contributed by atoms with Gasteiger partial charge in [-0.1, -0.05) is 12.1 Å². The third-order valence-corrected chi connectivity index (χ3v) is 3.48. The molecule has 0 aromatic carbocycles. The second-order valence-electron chi connectivity index (χ2n) is 4.37. The van der Waals surface area contributed by atoms with Gasteiger partial charge >= 0.3 is 0 Å². The van der Waals surface area contributed by atoms with Crippen molar-refractivity contribution < 1.29 is 0 Å². The van der Waals surface area contributed by atoms with Gasteiger partial charge in [0.15, 0.2) is 0 Å². The molecule has 0 radical (unpaired) electrons. The van der Waals surface area contributed by atoms with Crippen molar-refractivity contribution in [2.24, 2.45) is 12.8 Å². The van der Waals surface area contributed by atoms with Crippen molar-refractivity contribution >= 4 is 0 Å². The lowest BCUT2D eigenvalue weighted by atomic mass is 9.87. The Hall–Kier alpha value is -0.940. The highest BCUT2D eigenvalue weighted by Crippen LogP contribution is 2.29. The van der Waals surface area contributed by atoms with Crippen LogP contribution in [0.3, 0.4) is 0 Å². The standard InChI is InChI=1S/C10H21N5/c1-6-10(2,14(3)4)9(11)8-7-12-13-15(8)5/h7,9H,6,11H2,1-5H3. The summed E-state index contributed by atoms with van der Waals surface area (Å²) in [7, 11) is 5.97. The summed E-state index contributed by atoms with van der Waals surface area (Å²) in [6, 6.07) is -0.0856. The van der Waals surface area contributed by atoms with Crippen molar-refractivity contribution in [3.63, 3.8) is 0 Å². The highest BCUT2D eigenvalue weighted by atomic mass is 15.4. The maximum atomic E-state index is 6.29. The Kier molecular flexibility index (Phi) is 3.46.